The monoisotopic (exact) mass is 357 g/mol. The zero-order valence-electron chi connectivity index (χ0n) is 14.5. The Hall–Kier alpha value is -2.67. The molecule has 1 amide bonds. The maximum absolute atomic E-state index is 12.5. The third kappa shape index (κ3) is 3.41. The summed E-state index contributed by atoms with van der Waals surface area (Å²) in [6.07, 6.45) is 3.33. The number of furan rings is 1. The second-order valence-electron chi connectivity index (χ2n) is 5.63. The van der Waals surface area contributed by atoms with Gasteiger partial charge in [-0.15, -0.1) is 11.3 Å². The predicted octanol–water partition coefficient (Wildman–Crippen LogP) is 3.66. The van der Waals surface area contributed by atoms with Gasteiger partial charge >= 0.3 is 0 Å². The van der Waals surface area contributed by atoms with Crippen LogP contribution in [0.1, 0.15) is 32.2 Å². The Morgan fingerprint density at radius 1 is 1.36 bits per heavy atom. The van der Waals surface area contributed by atoms with E-state index < -0.39 is 0 Å². The van der Waals surface area contributed by atoms with Crippen molar-refractivity contribution in [2.45, 2.75) is 27.3 Å². The number of aryl methyl sites for hydroxylation is 2. The van der Waals surface area contributed by atoms with E-state index in [2.05, 4.69) is 15.3 Å². The molecule has 0 aliphatic rings. The number of ether oxygens (including phenoxy) is 1. The van der Waals surface area contributed by atoms with E-state index in [0.29, 0.717) is 23.0 Å². The molecule has 0 unspecified atom stereocenters. The average Bonchev–Trinajstić information content (AvgIpc) is 3.23. The third-order valence-electron chi connectivity index (χ3n) is 3.91. The number of thiazole rings is 1. The summed E-state index contributed by atoms with van der Waals surface area (Å²) in [5, 5.41) is 3.58. The largest absolute Gasteiger partial charge is 0.496 e. The smallest absolute Gasteiger partial charge is 0.271 e. The lowest BCUT2D eigenvalue weighted by atomic mass is 10.1. The van der Waals surface area contributed by atoms with Gasteiger partial charge in [0.15, 0.2) is 10.8 Å². The molecule has 6 nitrogen and oxygen atoms in total. The highest BCUT2D eigenvalue weighted by molar-refractivity contribution is 7.15. The topological polar surface area (TPSA) is 77.2 Å². The number of amides is 1. The SMILES string of the molecule is COc1c(C)cnc(CNC(=O)c2nc(-c3ccco3)sc2C)c1C. The molecule has 0 aliphatic carbocycles. The highest BCUT2D eigenvalue weighted by Crippen LogP contribution is 2.28. The number of nitrogens with one attached hydrogen (secondary N) is 1. The van der Waals surface area contributed by atoms with Gasteiger partial charge in [-0.2, -0.15) is 0 Å². The van der Waals surface area contributed by atoms with Crippen LogP contribution in [-0.4, -0.2) is 23.0 Å². The van der Waals surface area contributed by atoms with Crippen molar-refractivity contribution in [3.63, 3.8) is 0 Å². The van der Waals surface area contributed by atoms with Crippen molar-refractivity contribution in [2.24, 2.45) is 0 Å². The van der Waals surface area contributed by atoms with Crippen LogP contribution in [0.5, 0.6) is 5.75 Å². The predicted molar refractivity (Wildman–Crippen MR) is 96.0 cm³/mol. The zero-order valence-corrected chi connectivity index (χ0v) is 15.4. The standard InChI is InChI=1S/C18H19N3O3S/c1-10-8-19-13(11(2)16(10)23-4)9-20-17(22)15-12(3)25-18(21-15)14-6-5-7-24-14/h5-8H,9H2,1-4H3,(H,20,22). The number of nitrogens with zero attached hydrogens (tertiary/aromatic N) is 2. The first kappa shape index (κ1) is 17.2. The van der Waals surface area contributed by atoms with E-state index in [-0.39, 0.29) is 5.91 Å². The van der Waals surface area contributed by atoms with Crippen molar-refractivity contribution < 1.29 is 13.9 Å². The fourth-order valence-corrected chi connectivity index (χ4v) is 3.49. The van der Waals surface area contributed by atoms with Crippen LogP contribution in [0.4, 0.5) is 0 Å². The lowest BCUT2D eigenvalue weighted by Gasteiger charge is -2.12. The number of hydrogen-bond acceptors (Lipinski definition) is 6. The fourth-order valence-electron chi connectivity index (χ4n) is 2.61. The Morgan fingerprint density at radius 2 is 2.16 bits per heavy atom. The van der Waals surface area contributed by atoms with Crippen molar-refractivity contribution in [2.75, 3.05) is 7.11 Å². The van der Waals surface area contributed by atoms with E-state index in [4.69, 9.17) is 9.15 Å². The molecule has 0 fully saturated rings. The Morgan fingerprint density at radius 3 is 2.84 bits per heavy atom. The fraction of sp³-hybridized carbons (Fsp3) is 0.278. The molecule has 25 heavy (non-hydrogen) atoms. The van der Waals surface area contributed by atoms with Crippen LogP contribution < -0.4 is 10.1 Å². The lowest BCUT2D eigenvalue weighted by molar-refractivity contribution is 0.0945. The number of pyridine rings is 1. The highest BCUT2D eigenvalue weighted by Gasteiger charge is 2.18. The molecule has 3 heterocycles. The van der Waals surface area contributed by atoms with Gasteiger partial charge in [-0.05, 0) is 32.9 Å². The van der Waals surface area contributed by atoms with E-state index >= 15 is 0 Å². The van der Waals surface area contributed by atoms with Crippen molar-refractivity contribution in [1.82, 2.24) is 15.3 Å². The molecule has 0 aromatic carbocycles. The molecule has 3 aromatic heterocycles. The van der Waals surface area contributed by atoms with E-state index in [9.17, 15) is 4.79 Å². The van der Waals surface area contributed by atoms with E-state index in [1.54, 1.807) is 25.6 Å². The molecule has 0 saturated heterocycles. The normalized spacial score (nSPS) is 10.7. The van der Waals surface area contributed by atoms with Gasteiger partial charge in [0, 0.05) is 22.2 Å². The van der Waals surface area contributed by atoms with Crippen LogP contribution in [0.2, 0.25) is 0 Å². The van der Waals surface area contributed by atoms with Gasteiger partial charge in [0.25, 0.3) is 5.91 Å². The van der Waals surface area contributed by atoms with Gasteiger partial charge in [-0.1, -0.05) is 0 Å². The Kier molecular flexibility index (Phi) is 4.85. The molecule has 130 valence electrons. The van der Waals surface area contributed by atoms with Gasteiger partial charge in [0.1, 0.15) is 11.4 Å². The first-order valence-corrected chi connectivity index (χ1v) is 8.61. The summed E-state index contributed by atoms with van der Waals surface area (Å²) in [5.74, 6) is 1.23. The summed E-state index contributed by atoms with van der Waals surface area (Å²) >= 11 is 1.43. The molecule has 0 aliphatic heterocycles. The number of hydrogen-bond donors (Lipinski definition) is 1. The molecule has 0 bridgehead atoms. The second kappa shape index (κ2) is 7.06. The summed E-state index contributed by atoms with van der Waals surface area (Å²) < 4.78 is 10.7. The summed E-state index contributed by atoms with van der Waals surface area (Å²) in [6.45, 7) is 6.06. The Bertz CT molecular complexity index is 901. The Labute approximate surface area is 149 Å². The van der Waals surface area contributed by atoms with Gasteiger partial charge in [0.05, 0.1) is 25.6 Å². The summed E-state index contributed by atoms with van der Waals surface area (Å²) in [5.41, 5.74) is 3.07. The summed E-state index contributed by atoms with van der Waals surface area (Å²) in [6, 6.07) is 3.62. The minimum absolute atomic E-state index is 0.229. The summed E-state index contributed by atoms with van der Waals surface area (Å²) in [7, 11) is 1.63. The van der Waals surface area contributed by atoms with Crippen LogP contribution in [0.25, 0.3) is 10.8 Å². The van der Waals surface area contributed by atoms with Crippen LogP contribution in [-0.2, 0) is 6.54 Å². The van der Waals surface area contributed by atoms with Crippen LogP contribution in [0.15, 0.2) is 29.0 Å². The molecule has 3 rings (SSSR count). The molecule has 3 aromatic rings. The van der Waals surface area contributed by atoms with Crippen LogP contribution in [0, 0.1) is 20.8 Å². The number of carbonyl (C=O) groups is 1. The summed E-state index contributed by atoms with van der Waals surface area (Å²) in [4.78, 5) is 22.1. The quantitative estimate of drug-likeness (QED) is 0.754. The van der Waals surface area contributed by atoms with Crippen molar-refractivity contribution in [3.8, 4) is 16.5 Å². The molecule has 0 radical (unpaired) electrons. The number of rotatable bonds is 5. The van der Waals surface area contributed by atoms with Crippen LogP contribution in [0.3, 0.4) is 0 Å². The number of aromatic nitrogens is 2. The zero-order chi connectivity index (χ0) is 18.0. The first-order chi connectivity index (χ1) is 12.0. The van der Waals surface area contributed by atoms with E-state index in [1.807, 2.05) is 26.8 Å². The lowest BCUT2D eigenvalue weighted by Crippen LogP contribution is -2.25. The van der Waals surface area contributed by atoms with Gasteiger partial charge in [0.2, 0.25) is 0 Å². The molecule has 0 saturated carbocycles. The maximum Gasteiger partial charge on any atom is 0.271 e. The molecule has 7 heteroatoms. The van der Waals surface area contributed by atoms with Crippen molar-refractivity contribution in [1.29, 1.82) is 0 Å². The van der Waals surface area contributed by atoms with Crippen molar-refractivity contribution in [3.05, 3.63) is 52.0 Å². The maximum atomic E-state index is 12.5. The molecule has 0 spiro atoms. The van der Waals surface area contributed by atoms with Gasteiger partial charge in [-0.3, -0.25) is 9.78 Å². The average molecular weight is 357 g/mol. The Balaban J connectivity index is 1.76. The highest BCUT2D eigenvalue weighted by atomic mass is 32.1. The van der Waals surface area contributed by atoms with E-state index in [0.717, 1.165) is 27.4 Å². The molecule has 1 N–H and O–H groups in total. The van der Waals surface area contributed by atoms with E-state index in [1.165, 1.54) is 11.3 Å². The number of carbonyl (C=O) groups excluding carboxylic acids is 1. The second-order valence-corrected chi connectivity index (χ2v) is 6.83. The molecule has 0 atom stereocenters. The number of methoxy groups -OCH3 is 1. The van der Waals surface area contributed by atoms with Gasteiger partial charge in [-0.25, -0.2) is 4.98 Å². The molecular formula is C18H19N3O3S. The third-order valence-corrected chi connectivity index (χ3v) is 4.90. The van der Waals surface area contributed by atoms with Crippen molar-refractivity contribution >= 4 is 17.2 Å². The first-order valence-electron chi connectivity index (χ1n) is 7.79. The minimum atomic E-state index is -0.229. The molecular weight excluding hydrogens is 338 g/mol. The van der Waals surface area contributed by atoms with Crippen LogP contribution >= 0.6 is 11.3 Å². The minimum Gasteiger partial charge on any atom is -0.496 e. The van der Waals surface area contributed by atoms with Gasteiger partial charge < -0.3 is 14.5 Å².